The van der Waals surface area contributed by atoms with Gasteiger partial charge in [0.1, 0.15) is 5.75 Å². The highest BCUT2D eigenvalue weighted by molar-refractivity contribution is 14.0. The third-order valence-corrected chi connectivity index (χ3v) is 4.92. The van der Waals surface area contributed by atoms with E-state index in [0.29, 0.717) is 11.8 Å². The van der Waals surface area contributed by atoms with E-state index in [2.05, 4.69) is 47.7 Å². The quantitative estimate of drug-likeness (QED) is 0.351. The van der Waals surface area contributed by atoms with Gasteiger partial charge in [-0.15, -0.1) is 24.0 Å². The van der Waals surface area contributed by atoms with Gasteiger partial charge < -0.3 is 20.2 Å². The van der Waals surface area contributed by atoms with Crippen molar-refractivity contribution in [3.05, 3.63) is 24.3 Å². The van der Waals surface area contributed by atoms with Crippen LogP contribution >= 0.6 is 24.0 Å². The van der Waals surface area contributed by atoms with E-state index in [0.717, 1.165) is 64.0 Å². The first-order chi connectivity index (χ1) is 12.6. The second kappa shape index (κ2) is 12.3. The van der Waals surface area contributed by atoms with E-state index in [1.54, 1.807) is 6.07 Å². The highest BCUT2D eigenvalue weighted by Crippen LogP contribution is 2.27. The summed E-state index contributed by atoms with van der Waals surface area (Å²) in [6.07, 6.45) is 0. The average Bonchev–Trinajstić information content (AvgIpc) is 2.64. The van der Waals surface area contributed by atoms with Crippen LogP contribution in [0.25, 0.3) is 0 Å². The second-order valence-electron chi connectivity index (χ2n) is 6.92. The first-order valence-corrected chi connectivity index (χ1v) is 9.87. The van der Waals surface area contributed by atoms with Crippen molar-refractivity contribution in [3.8, 4) is 5.75 Å². The maximum atomic E-state index is 10.1. The minimum absolute atomic E-state index is 0. The van der Waals surface area contributed by atoms with Crippen molar-refractivity contribution in [1.82, 2.24) is 15.1 Å². The number of aromatic hydroxyl groups is 1. The molecule has 154 valence electrons. The van der Waals surface area contributed by atoms with Gasteiger partial charge in [0.05, 0.1) is 12.2 Å². The Balaban J connectivity index is 0.00000364. The van der Waals surface area contributed by atoms with E-state index < -0.39 is 0 Å². The van der Waals surface area contributed by atoms with Crippen LogP contribution in [0.1, 0.15) is 27.7 Å². The Morgan fingerprint density at radius 2 is 1.85 bits per heavy atom. The van der Waals surface area contributed by atoms with Crippen molar-refractivity contribution in [1.29, 1.82) is 0 Å². The minimum Gasteiger partial charge on any atom is -0.506 e. The standard InChI is InChI=1S/C20H35N5O.HI/c1-5-21-20(22-11-12-23(6-2)17(3)4)25-15-13-24(14-16-25)18-9-7-8-10-19(18)26;/h7-10,17,26H,5-6,11-16H2,1-4H3,(H,21,22);1H. The summed E-state index contributed by atoms with van der Waals surface area (Å²) in [7, 11) is 0. The van der Waals surface area contributed by atoms with E-state index in [4.69, 9.17) is 4.99 Å². The third-order valence-electron chi connectivity index (χ3n) is 4.92. The maximum Gasteiger partial charge on any atom is 0.194 e. The monoisotopic (exact) mass is 489 g/mol. The summed E-state index contributed by atoms with van der Waals surface area (Å²) in [6.45, 7) is 16.1. The van der Waals surface area contributed by atoms with Crippen LogP contribution < -0.4 is 10.2 Å². The molecule has 1 aromatic carbocycles. The number of anilines is 1. The number of piperazine rings is 1. The Morgan fingerprint density at radius 1 is 1.19 bits per heavy atom. The predicted octanol–water partition coefficient (Wildman–Crippen LogP) is 2.83. The van der Waals surface area contributed by atoms with Gasteiger partial charge in [0.15, 0.2) is 5.96 Å². The molecular formula is C20H36IN5O. The van der Waals surface area contributed by atoms with Crippen molar-refractivity contribution in [3.63, 3.8) is 0 Å². The number of aliphatic imine (C=N–C) groups is 1. The van der Waals surface area contributed by atoms with Crippen LogP contribution in [0, 0.1) is 0 Å². The van der Waals surface area contributed by atoms with Crippen LogP contribution in [-0.4, -0.2) is 79.3 Å². The van der Waals surface area contributed by atoms with Crippen LogP contribution in [0.15, 0.2) is 29.3 Å². The molecule has 0 unspecified atom stereocenters. The largest absolute Gasteiger partial charge is 0.506 e. The highest BCUT2D eigenvalue weighted by atomic mass is 127. The molecule has 1 fully saturated rings. The van der Waals surface area contributed by atoms with Gasteiger partial charge in [0.2, 0.25) is 0 Å². The average molecular weight is 489 g/mol. The number of nitrogens with zero attached hydrogens (tertiary/aromatic N) is 4. The van der Waals surface area contributed by atoms with Gasteiger partial charge in [0.25, 0.3) is 0 Å². The zero-order valence-corrected chi connectivity index (χ0v) is 19.5. The summed E-state index contributed by atoms with van der Waals surface area (Å²) < 4.78 is 0. The van der Waals surface area contributed by atoms with Gasteiger partial charge in [0, 0.05) is 45.3 Å². The molecule has 7 heteroatoms. The topological polar surface area (TPSA) is 54.3 Å². The molecule has 1 saturated heterocycles. The third kappa shape index (κ3) is 7.03. The Morgan fingerprint density at radius 3 is 2.41 bits per heavy atom. The first-order valence-electron chi connectivity index (χ1n) is 9.87. The Labute approximate surface area is 181 Å². The Kier molecular flexibility index (Phi) is 10.8. The summed E-state index contributed by atoms with van der Waals surface area (Å²) in [5, 5.41) is 13.5. The van der Waals surface area contributed by atoms with Gasteiger partial charge >= 0.3 is 0 Å². The van der Waals surface area contributed by atoms with Crippen LogP contribution in [0.2, 0.25) is 0 Å². The lowest BCUT2D eigenvalue weighted by atomic mass is 10.2. The van der Waals surface area contributed by atoms with Crippen molar-refractivity contribution < 1.29 is 5.11 Å². The van der Waals surface area contributed by atoms with Crippen LogP contribution in [0.5, 0.6) is 5.75 Å². The predicted molar refractivity (Wildman–Crippen MR) is 126 cm³/mol. The number of rotatable bonds is 7. The van der Waals surface area contributed by atoms with Crippen LogP contribution in [0.4, 0.5) is 5.69 Å². The lowest BCUT2D eigenvalue weighted by molar-refractivity contribution is 0.240. The zero-order valence-electron chi connectivity index (χ0n) is 17.2. The molecule has 0 bridgehead atoms. The Hall–Kier alpha value is -1.22. The Bertz CT molecular complexity index is 573. The van der Waals surface area contributed by atoms with Gasteiger partial charge in [-0.3, -0.25) is 9.89 Å². The fraction of sp³-hybridized carbons (Fsp3) is 0.650. The molecule has 1 aliphatic heterocycles. The maximum absolute atomic E-state index is 10.1. The fourth-order valence-electron chi connectivity index (χ4n) is 3.38. The van der Waals surface area contributed by atoms with Crippen LogP contribution in [-0.2, 0) is 0 Å². The number of para-hydroxylation sites is 2. The number of benzene rings is 1. The molecule has 0 aromatic heterocycles. The van der Waals surface area contributed by atoms with Gasteiger partial charge in [-0.2, -0.15) is 0 Å². The van der Waals surface area contributed by atoms with Crippen molar-refractivity contribution >= 4 is 35.6 Å². The number of phenols is 1. The van der Waals surface area contributed by atoms with Crippen molar-refractivity contribution in [2.75, 3.05) is 57.3 Å². The van der Waals surface area contributed by atoms with Gasteiger partial charge in [-0.1, -0.05) is 19.1 Å². The molecule has 0 amide bonds. The minimum atomic E-state index is 0. The lowest BCUT2D eigenvalue weighted by Crippen LogP contribution is -2.52. The summed E-state index contributed by atoms with van der Waals surface area (Å²) >= 11 is 0. The smallest absolute Gasteiger partial charge is 0.194 e. The number of nitrogens with one attached hydrogen (secondary N) is 1. The molecule has 6 nitrogen and oxygen atoms in total. The zero-order chi connectivity index (χ0) is 18.9. The van der Waals surface area contributed by atoms with E-state index in [-0.39, 0.29) is 24.0 Å². The summed E-state index contributed by atoms with van der Waals surface area (Å²) in [5.41, 5.74) is 0.921. The molecule has 0 aliphatic carbocycles. The van der Waals surface area contributed by atoms with Crippen LogP contribution in [0.3, 0.4) is 0 Å². The fourth-order valence-corrected chi connectivity index (χ4v) is 3.38. The molecular weight excluding hydrogens is 453 g/mol. The molecule has 0 saturated carbocycles. The molecule has 1 aromatic rings. The molecule has 0 radical (unpaired) electrons. The number of guanidine groups is 1. The second-order valence-corrected chi connectivity index (χ2v) is 6.92. The first kappa shape index (κ1) is 23.8. The number of hydrogen-bond donors (Lipinski definition) is 2. The molecule has 2 N–H and O–H groups in total. The highest BCUT2D eigenvalue weighted by Gasteiger charge is 2.21. The van der Waals surface area contributed by atoms with Gasteiger partial charge in [-0.05, 0) is 39.4 Å². The molecule has 1 aliphatic rings. The number of likely N-dealkylation sites (N-methyl/N-ethyl adjacent to an activating group) is 1. The van der Waals surface area contributed by atoms with Crippen molar-refractivity contribution in [2.24, 2.45) is 4.99 Å². The molecule has 0 atom stereocenters. The van der Waals surface area contributed by atoms with Gasteiger partial charge in [-0.25, -0.2) is 0 Å². The normalized spacial score (nSPS) is 15.3. The summed E-state index contributed by atoms with van der Waals surface area (Å²) in [4.78, 5) is 11.8. The van der Waals surface area contributed by atoms with E-state index in [9.17, 15) is 5.11 Å². The molecule has 2 rings (SSSR count). The number of halogens is 1. The number of hydrogen-bond acceptors (Lipinski definition) is 4. The van der Waals surface area contributed by atoms with E-state index >= 15 is 0 Å². The van der Waals surface area contributed by atoms with E-state index in [1.165, 1.54) is 0 Å². The summed E-state index contributed by atoms with van der Waals surface area (Å²) in [6, 6.07) is 8.12. The lowest BCUT2D eigenvalue weighted by Gasteiger charge is -2.38. The molecule has 0 spiro atoms. The summed E-state index contributed by atoms with van der Waals surface area (Å²) in [5.74, 6) is 1.36. The van der Waals surface area contributed by atoms with Crippen molar-refractivity contribution in [2.45, 2.75) is 33.7 Å². The molecule has 1 heterocycles. The SMILES string of the molecule is CCNC(=NCCN(CC)C(C)C)N1CCN(c2ccccc2O)CC1.I. The van der Waals surface area contributed by atoms with E-state index in [1.807, 2.05) is 18.2 Å². The molecule has 27 heavy (non-hydrogen) atoms. The number of phenolic OH excluding ortho intramolecular Hbond substituents is 1.